The SMILES string of the molecule is Cn1ncnc1NC(=O)NC1CCOc2ccccc21. The number of carbonyl (C=O) groups excluding carboxylic acids is 1. The number of aryl methyl sites for hydroxylation is 1. The normalized spacial score (nSPS) is 16.9. The highest BCUT2D eigenvalue weighted by molar-refractivity contribution is 5.87. The maximum atomic E-state index is 12.0. The van der Waals surface area contributed by atoms with E-state index in [0.717, 1.165) is 17.7 Å². The molecule has 0 radical (unpaired) electrons. The Morgan fingerprint density at radius 3 is 3.10 bits per heavy atom. The number of hydrogen-bond donors (Lipinski definition) is 2. The van der Waals surface area contributed by atoms with Crippen molar-refractivity contribution in [3.63, 3.8) is 0 Å². The molecule has 0 saturated heterocycles. The van der Waals surface area contributed by atoms with Gasteiger partial charge in [-0.3, -0.25) is 5.32 Å². The van der Waals surface area contributed by atoms with Crippen molar-refractivity contribution in [1.29, 1.82) is 0 Å². The van der Waals surface area contributed by atoms with Crippen LogP contribution in [0.2, 0.25) is 0 Å². The van der Waals surface area contributed by atoms with Crippen LogP contribution >= 0.6 is 0 Å². The van der Waals surface area contributed by atoms with Crippen LogP contribution in [0, 0.1) is 0 Å². The van der Waals surface area contributed by atoms with E-state index in [9.17, 15) is 4.79 Å². The molecule has 2 aromatic rings. The molecular weight excluding hydrogens is 258 g/mol. The van der Waals surface area contributed by atoms with Gasteiger partial charge in [0.2, 0.25) is 5.95 Å². The third-order valence-corrected chi connectivity index (χ3v) is 3.20. The number of ether oxygens (including phenoxy) is 1. The van der Waals surface area contributed by atoms with Gasteiger partial charge in [0.1, 0.15) is 12.1 Å². The summed E-state index contributed by atoms with van der Waals surface area (Å²) in [6.45, 7) is 0.589. The van der Waals surface area contributed by atoms with Crippen molar-refractivity contribution < 1.29 is 9.53 Å². The number of fused-ring (bicyclic) bond motifs is 1. The van der Waals surface area contributed by atoms with Crippen molar-refractivity contribution in [3.8, 4) is 5.75 Å². The summed E-state index contributed by atoms with van der Waals surface area (Å²) in [6.07, 6.45) is 2.13. The molecule has 1 unspecified atom stereocenters. The van der Waals surface area contributed by atoms with Crippen molar-refractivity contribution in [1.82, 2.24) is 20.1 Å². The first kappa shape index (κ1) is 12.5. The molecule has 2 amide bonds. The van der Waals surface area contributed by atoms with Gasteiger partial charge in [-0.05, 0) is 6.07 Å². The van der Waals surface area contributed by atoms with Gasteiger partial charge in [0.15, 0.2) is 0 Å². The van der Waals surface area contributed by atoms with E-state index in [-0.39, 0.29) is 12.1 Å². The van der Waals surface area contributed by atoms with E-state index in [0.29, 0.717) is 12.6 Å². The van der Waals surface area contributed by atoms with Crippen molar-refractivity contribution in [2.45, 2.75) is 12.5 Å². The number of anilines is 1. The number of benzene rings is 1. The molecule has 0 aliphatic carbocycles. The largest absolute Gasteiger partial charge is 0.493 e. The molecule has 0 fully saturated rings. The molecule has 1 atom stereocenters. The first-order chi connectivity index (χ1) is 9.74. The van der Waals surface area contributed by atoms with Crippen molar-refractivity contribution in [3.05, 3.63) is 36.2 Å². The van der Waals surface area contributed by atoms with Gasteiger partial charge in [0.05, 0.1) is 12.6 Å². The fraction of sp³-hybridized carbons (Fsp3) is 0.308. The van der Waals surface area contributed by atoms with E-state index in [2.05, 4.69) is 20.7 Å². The molecule has 7 heteroatoms. The molecule has 1 aromatic heterocycles. The number of nitrogens with zero attached hydrogens (tertiary/aromatic N) is 3. The molecule has 0 spiro atoms. The van der Waals surface area contributed by atoms with E-state index in [1.54, 1.807) is 7.05 Å². The molecule has 1 aromatic carbocycles. The van der Waals surface area contributed by atoms with Crippen LogP contribution in [0.1, 0.15) is 18.0 Å². The molecule has 0 saturated carbocycles. The van der Waals surface area contributed by atoms with Crippen molar-refractivity contribution in [2.24, 2.45) is 7.05 Å². The number of urea groups is 1. The highest BCUT2D eigenvalue weighted by atomic mass is 16.5. The summed E-state index contributed by atoms with van der Waals surface area (Å²) in [5.41, 5.74) is 0.992. The zero-order chi connectivity index (χ0) is 13.9. The van der Waals surface area contributed by atoms with Crippen LogP contribution in [-0.2, 0) is 7.05 Å². The lowest BCUT2D eigenvalue weighted by molar-refractivity contribution is 0.232. The summed E-state index contributed by atoms with van der Waals surface area (Å²) in [5, 5.41) is 9.49. The Morgan fingerprint density at radius 2 is 2.30 bits per heavy atom. The lowest BCUT2D eigenvalue weighted by Gasteiger charge is -2.26. The second-order valence-electron chi connectivity index (χ2n) is 4.53. The molecule has 104 valence electrons. The van der Waals surface area contributed by atoms with Crippen LogP contribution in [0.4, 0.5) is 10.7 Å². The fourth-order valence-electron chi connectivity index (χ4n) is 2.20. The number of para-hydroxylation sites is 1. The van der Waals surface area contributed by atoms with Gasteiger partial charge in [0.25, 0.3) is 0 Å². The number of amides is 2. The Kier molecular flexibility index (Phi) is 3.24. The predicted molar refractivity (Wildman–Crippen MR) is 72.5 cm³/mol. The van der Waals surface area contributed by atoms with Crippen LogP contribution in [-0.4, -0.2) is 27.4 Å². The van der Waals surface area contributed by atoms with Crippen molar-refractivity contribution >= 4 is 12.0 Å². The minimum atomic E-state index is -0.303. The van der Waals surface area contributed by atoms with Crippen LogP contribution < -0.4 is 15.4 Å². The minimum absolute atomic E-state index is 0.0619. The van der Waals surface area contributed by atoms with E-state index in [1.807, 2.05) is 24.3 Å². The number of carbonyl (C=O) groups is 1. The molecule has 1 aliphatic heterocycles. The van der Waals surface area contributed by atoms with Crippen LogP contribution in [0.25, 0.3) is 0 Å². The highest BCUT2D eigenvalue weighted by Gasteiger charge is 2.22. The third kappa shape index (κ3) is 2.42. The topological polar surface area (TPSA) is 81.1 Å². The maximum Gasteiger partial charge on any atom is 0.322 e. The summed E-state index contributed by atoms with van der Waals surface area (Å²) in [7, 11) is 1.71. The summed E-state index contributed by atoms with van der Waals surface area (Å²) in [4.78, 5) is 15.9. The van der Waals surface area contributed by atoms with Crippen molar-refractivity contribution in [2.75, 3.05) is 11.9 Å². The third-order valence-electron chi connectivity index (χ3n) is 3.20. The number of aromatic nitrogens is 3. The predicted octanol–water partition coefficient (Wildman–Crippen LogP) is 1.46. The second kappa shape index (κ2) is 5.20. The van der Waals surface area contributed by atoms with Crippen LogP contribution in [0.5, 0.6) is 5.75 Å². The zero-order valence-electron chi connectivity index (χ0n) is 11.0. The Hall–Kier alpha value is -2.57. The van der Waals surface area contributed by atoms with E-state index in [4.69, 9.17) is 4.74 Å². The number of hydrogen-bond acceptors (Lipinski definition) is 4. The zero-order valence-corrected chi connectivity index (χ0v) is 11.0. The Labute approximate surface area is 116 Å². The van der Waals surface area contributed by atoms with Gasteiger partial charge >= 0.3 is 6.03 Å². The average molecular weight is 273 g/mol. The van der Waals surface area contributed by atoms with E-state index in [1.165, 1.54) is 11.0 Å². The molecular formula is C13H15N5O2. The van der Waals surface area contributed by atoms with Gasteiger partial charge < -0.3 is 10.1 Å². The summed E-state index contributed by atoms with van der Waals surface area (Å²) < 4.78 is 7.06. The standard InChI is InChI=1S/C13H15N5O2/c1-18-12(14-8-15-18)17-13(19)16-10-6-7-20-11-5-3-2-4-9(10)11/h2-5,8,10H,6-7H2,1H3,(H2,14,15,16,17,19). The number of rotatable bonds is 2. The van der Waals surface area contributed by atoms with Crippen LogP contribution in [0.15, 0.2) is 30.6 Å². The van der Waals surface area contributed by atoms with Crippen LogP contribution in [0.3, 0.4) is 0 Å². The molecule has 3 rings (SSSR count). The van der Waals surface area contributed by atoms with Gasteiger partial charge in [-0.15, -0.1) is 0 Å². The smallest absolute Gasteiger partial charge is 0.322 e. The molecule has 0 bridgehead atoms. The minimum Gasteiger partial charge on any atom is -0.493 e. The molecule has 20 heavy (non-hydrogen) atoms. The first-order valence-corrected chi connectivity index (χ1v) is 6.37. The van der Waals surface area contributed by atoms with Gasteiger partial charge in [-0.1, -0.05) is 18.2 Å². The quantitative estimate of drug-likeness (QED) is 0.868. The Balaban J connectivity index is 1.70. The molecule has 1 aliphatic rings. The second-order valence-corrected chi connectivity index (χ2v) is 4.53. The maximum absolute atomic E-state index is 12.0. The van der Waals surface area contributed by atoms with E-state index >= 15 is 0 Å². The number of nitrogens with one attached hydrogen (secondary N) is 2. The molecule has 7 nitrogen and oxygen atoms in total. The molecule has 2 heterocycles. The first-order valence-electron chi connectivity index (χ1n) is 6.37. The van der Waals surface area contributed by atoms with E-state index < -0.39 is 0 Å². The summed E-state index contributed by atoms with van der Waals surface area (Å²) in [5.74, 6) is 1.23. The molecule has 2 N–H and O–H groups in total. The average Bonchev–Trinajstić information content (AvgIpc) is 2.85. The summed E-state index contributed by atoms with van der Waals surface area (Å²) in [6, 6.07) is 7.35. The fourth-order valence-corrected chi connectivity index (χ4v) is 2.20. The lowest BCUT2D eigenvalue weighted by atomic mass is 10.0. The van der Waals surface area contributed by atoms with Gasteiger partial charge in [0, 0.05) is 19.0 Å². The lowest BCUT2D eigenvalue weighted by Crippen LogP contribution is -2.35. The Bertz CT molecular complexity index is 625. The Morgan fingerprint density at radius 1 is 1.45 bits per heavy atom. The van der Waals surface area contributed by atoms with Gasteiger partial charge in [-0.2, -0.15) is 10.1 Å². The monoisotopic (exact) mass is 273 g/mol. The van der Waals surface area contributed by atoms with Gasteiger partial charge in [-0.25, -0.2) is 9.48 Å². The highest BCUT2D eigenvalue weighted by Crippen LogP contribution is 2.31. The summed E-state index contributed by atoms with van der Waals surface area (Å²) >= 11 is 0.